The van der Waals surface area contributed by atoms with E-state index in [0.29, 0.717) is 11.2 Å². The number of imidazole rings is 2. The van der Waals surface area contributed by atoms with Crippen molar-refractivity contribution in [2.45, 2.75) is 37.5 Å². The highest BCUT2D eigenvalue weighted by Crippen LogP contribution is 2.34. The van der Waals surface area contributed by atoms with Gasteiger partial charge in [0.05, 0.1) is 44.6 Å². The molecule has 1 unspecified atom stereocenters. The van der Waals surface area contributed by atoms with Gasteiger partial charge in [-0.1, -0.05) is 0 Å². The predicted octanol–water partition coefficient (Wildman–Crippen LogP) is -2.74. The van der Waals surface area contributed by atoms with E-state index < -0.39 is 50.6 Å². The summed E-state index contributed by atoms with van der Waals surface area (Å²) in [5.41, 5.74) is 12.0. The molecule has 0 aliphatic carbocycles. The van der Waals surface area contributed by atoms with Gasteiger partial charge in [-0.25, -0.2) is 19.9 Å². The molecule has 0 amide bonds. The Hall–Kier alpha value is -3.55. The summed E-state index contributed by atoms with van der Waals surface area (Å²) in [5.74, 6) is 0.210. The van der Waals surface area contributed by atoms with E-state index in [9.17, 15) is 19.6 Å². The first-order valence-corrected chi connectivity index (χ1v) is 13.2. The van der Waals surface area contributed by atoms with Crippen molar-refractivity contribution in [3.05, 3.63) is 29.3 Å². The maximum atomic E-state index is 11.6. The van der Waals surface area contributed by atoms with E-state index in [-0.39, 0.29) is 42.5 Å². The lowest BCUT2D eigenvalue weighted by atomic mass is 10.2. The van der Waals surface area contributed by atoms with Crippen LogP contribution >= 0.6 is 7.60 Å². The second-order valence-electron chi connectivity index (χ2n) is 8.48. The number of nitrogens with two attached hydrogens (primary N) is 2. The number of nitrogen functional groups attached to an aromatic ring is 2. The minimum absolute atomic E-state index is 0.0171. The second-order valence-corrected chi connectivity index (χ2v) is 10.1. The molecule has 1 aliphatic heterocycles. The largest absolute Gasteiger partial charge is 0.394 e. The molecule has 0 bridgehead atoms. The normalized spacial score (nSPS) is 20.3. The maximum absolute atomic E-state index is 11.6. The Bertz CT molecular complexity index is 1540. The number of aromatic nitrogens is 8. The molecule has 1 saturated heterocycles. The molecule has 5 rings (SSSR count). The van der Waals surface area contributed by atoms with Gasteiger partial charge in [-0.15, -0.1) is 0 Å². The van der Waals surface area contributed by atoms with Crippen LogP contribution in [0.3, 0.4) is 0 Å². The minimum Gasteiger partial charge on any atom is -0.394 e. The summed E-state index contributed by atoms with van der Waals surface area (Å²) in [6, 6.07) is 0. The third-order valence-corrected chi connectivity index (χ3v) is 6.14. The molecule has 20 heteroatoms. The zero-order chi connectivity index (χ0) is 28.3. The van der Waals surface area contributed by atoms with E-state index in [1.54, 1.807) is 4.57 Å². The third-order valence-electron chi connectivity index (χ3n) is 5.66. The Balaban J connectivity index is 0.000000181. The molecule has 0 radical (unpaired) electrons. The van der Waals surface area contributed by atoms with Crippen molar-refractivity contribution in [2.75, 3.05) is 31.0 Å². The third kappa shape index (κ3) is 6.54. The fraction of sp³-hybridized carbons (Fsp3) is 0.474. The average Bonchev–Trinajstić information content (AvgIpc) is 3.58. The highest BCUT2D eigenvalue weighted by Gasteiger charge is 2.35. The van der Waals surface area contributed by atoms with Crippen molar-refractivity contribution in [3.63, 3.8) is 0 Å². The second kappa shape index (κ2) is 11.7. The number of ether oxygens (including phenoxy) is 2. The summed E-state index contributed by atoms with van der Waals surface area (Å²) in [7, 11) is -4.28. The first kappa shape index (κ1) is 28.5. The number of rotatable bonds is 8. The summed E-state index contributed by atoms with van der Waals surface area (Å²) < 4.78 is 24.3. The van der Waals surface area contributed by atoms with Crippen LogP contribution < -0.4 is 17.0 Å². The van der Waals surface area contributed by atoms with Gasteiger partial charge in [0.15, 0.2) is 22.6 Å². The Morgan fingerprint density at radius 3 is 2.56 bits per heavy atom. The number of fused-ring (bicyclic) bond motifs is 2. The van der Waals surface area contributed by atoms with Crippen LogP contribution in [-0.4, -0.2) is 102 Å². The molecule has 212 valence electrons. The molecule has 10 N–H and O–H groups in total. The fourth-order valence-electron chi connectivity index (χ4n) is 3.82. The van der Waals surface area contributed by atoms with Crippen molar-refractivity contribution in [1.29, 1.82) is 0 Å². The van der Waals surface area contributed by atoms with Crippen LogP contribution in [0.15, 0.2) is 23.8 Å². The van der Waals surface area contributed by atoms with E-state index in [2.05, 4.69) is 29.9 Å². The Morgan fingerprint density at radius 2 is 1.90 bits per heavy atom. The quantitative estimate of drug-likeness (QED) is 0.0996. The van der Waals surface area contributed by atoms with Crippen LogP contribution in [0.4, 0.5) is 11.8 Å². The van der Waals surface area contributed by atoms with Crippen molar-refractivity contribution in [2.24, 2.45) is 0 Å². The van der Waals surface area contributed by atoms with Crippen LogP contribution in [0.5, 0.6) is 0 Å². The van der Waals surface area contributed by atoms with E-state index >= 15 is 0 Å². The van der Waals surface area contributed by atoms with Gasteiger partial charge in [-0.05, 0) is 0 Å². The topological polar surface area (TPSA) is 296 Å². The first-order chi connectivity index (χ1) is 18.5. The Morgan fingerprint density at radius 1 is 1.15 bits per heavy atom. The van der Waals surface area contributed by atoms with Crippen molar-refractivity contribution >= 4 is 41.7 Å². The first-order valence-electron chi connectivity index (χ1n) is 11.4. The summed E-state index contributed by atoms with van der Waals surface area (Å²) in [4.78, 5) is 51.3. The summed E-state index contributed by atoms with van der Waals surface area (Å²) in [5, 5.41) is 27.9. The minimum atomic E-state index is -4.28. The number of H-pyrrole nitrogens is 1. The number of aromatic amines is 1. The SMILES string of the molecule is Nc1nc2c(ncn2C2C[C@H](O)[C@@H](CO)O2)c(=O)[nH]1.Nc1ncnc2c1ncn2C[C@@H](CO)OCP(=O)(O)O. The van der Waals surface area contributed by atoms with Crippen LogP contribution in [0.1, 0.15) is 12.6 Å². The van der Waals surface area contributed by atoms with Gasteiger partial charge >= 0.3 is 7.60 Å². The van der Waals surface area contributed by atoms with Crippen molar-refractivity contribution < 1.29 is 39.1 Å². The lowest BCUT2D eigenvalue weighted by Gasteiger charge is -2.16. The molecule has 0 saturated carbocycles. The molecular weight excluding hydrogens is 543 g/mol. The van der Waals surface area contributed by atoms with Gasteiger partial charge < -0.3 is 50.6 Å². The van der Waals surface area contributed by atoms with Gasteiger partial charge in [0, 0.05) is 6.42 Å². The van der Waals surface area contributed by atoms with Gasteiger partial charge in [0.1, 0.15) is 30.5 Å². The van der Waals surface area contributed by atoms with E-state index in [1.165, 1.54) is 23.5 Å². The van der Waals surface area contributed by atoms with Crippen molar-refractivity contribution in [1.82, 2.24) is 39.0 Å². The molecule has 4 atom stereocenters. The number of hydrogen-bond acceptors (Lipinski definition) is 14. The van der Waals surface area contributed by atoms with Gasteiger partial charge in [-0.3, -0.25) is 18.9 Å². The molecule has 5 heterocycles. The summed E-state index contributed by atoms with van der Waals surface area (Å²) in [6.07, 6.45) is 0.895. The van der Waals surface area contributed by atoms with E-state index in [0.717, 1.165) is 0 Å². The molecule has 39 heavy (non-hydrogen) atoms. The molecular formula is C19H27N10O9P. The molecule has 0 spiro atoms. The fourth-order valence-corrected chi connectivity index (χ4v) is 4.23. The maximum Gasteiger partial charge on any atom is 0.350 e. The molecule has 4 aromatic rings. The monoisotopic (exact) mass is 570 g/mol. The number of nitrogens with zero attached hydrogens (tertiary/aromatic N) is 7. The van der Waals surface area contributed by atoms with Gasteiger partial charge in [0.2, 0.25) is 5.95 Å². The highest BCUT2D eigenvalue weighted by atomic mass is 31.2. The van der Waals surface area contributed by atoms with Crippen molar-refractivity contribution in [3.8, 4) is 0 Å². The molecule has 19 nitrogen and oxygen atoms in total. The number of aliphatic hydroxyl groups is 3. The van der Waals surface area contributed by atoms with Crippen LogP contribution in [0.25, 0.3) is 22.3 Å². The van der Waals surface area contributed by atoms with Gasteiger partial charge in [0.25, 0.3) is 5.56 Å². The number of anilines is 2. The Labute approximate surface area is 218 Å². The number of hydrogen-bond donors (Lipinski definition) is 8. The Kier molecular flexibility index (Phi) is 8.52. The zero-order valence-electron chi connectivity index (χ0n) is 20.2. The molecule has 1 aliphatic rings. The summed E-state index contributed by atoms with van der Waals surface area (Å²) >= 11 is 0. The van der Waals surface area contributed by atoms with Crippen LogP contribution in [-0.2, 0) is 20.6 Å². The van der Waals surface area contributed by atoms with Crippen LogP contribution in [0.2, 0.25) is 0 Å². The standard InChI is InChI=1S/C10H13N5O4.C9H14N5O5P/c11-10-13-8-7(9(18)14-10)12-3-15(8)6-1-4(17)5(2-16)19-6;10-8-7-9(12-3-11-8)14(4-13-7)1-6(2-15)19-5-20(16,17)18/h3-6,16-17H,1-2H2,(H3,11,13,14,18);3-4,6,15H,1-2,5H2,(H2,10,11,12)(H2,16,17,18)/t4-,5+,6?;6-/m00/s1. The highest BCUT2D eigenvalue weighted by molar-refractivity contribution is 7.51. The lowest BCUT2D eigenvalue weighted by Crippen LogP contribution is -2.24. The molecule has 4 aromatic heterocycles. The molecule has 0 aromatic carbocycles. The van der Waals surface area contributed by atoms with Gasteiger partial charge in [-0.2, -0.15) is 4.98 Å². The van der Waals surface area contributed by atoms with E-state index in [1.807, 2.05) is 0 Å². The predicted molar refractivity (Wildman–Crippen MR) is 133 cm³/mol. The lowest BCUT2D eigenvalue weighted by molar-refractivity contribution is -0.0432. The van der Waals surface area contributed by atoms with Crippen LogP contribution in [0, 0.1) is 0 Å². The number of nitrogens with one attached hydrogen (secondary N) is 1. The molecule has 1 fully saturated rings. The zero-order valence-corrected chi connectivity index (χ0v) is 21.1. The van der Waals surface area contributed by atoms with E-state index in [4.69, 9.17) is 35.8 Å². The summed E-state index contributed by atoms with van der Waals surface area (Å²) in [6.45, 7) is -0.551. The smallest absolute Gasteiger partial charge is 0.350 e. The number of aliphatic hydroxyl groups excluding tert-OH is 3. The average molecular weight is 570 g/mol.